The van der Waals surface area contributed by atoms with Gasteiger partial charge in [-0.3, -0.25) is 4.79 Å². The predicted molar refractivity (Wildman–Crippen MR) is 105 cm³/mol. The summed E-state index contributed by atoms with van der Waals surface area (Å²) in [6.07, 6.45) is 2.39. The molecule has 4 nitrogen and oxygen atoms in total. The molecule has 146 valence electrons. The fourth-order valence-corrected chi connectivity index (χ4v) is 4.89. The summed E-state index contributed by atoms with van der Waals surface area (Å²) in [6.45, 7) is 1.03. The van der Waals surface area contributed by atoms with Crippen molar-refractivity contribution in [3.63, 3.8) is 0 Å². The van der Waals surface area contributed by atoms with Crippen LogP contribution in [0.4, 0.5) is 4.39 Å². The Morgan fingerprint density at radius 3 is 2.46 bits per heavy atom. The average Bonchev–Trinajstić information content (AvgIpc) is 3.42. The quantitative estimate of drug-likeness (QED) is 0.864. The Hall–Kier alpha value is -2.40. The fourth-order valence-electron chi connectivity index (χ4n) is 4.89. The lowest BCUT2D eigenvalue weighted by atomic mass is 9.81. The second-order valence-corrected chi connectivity index (χ2v) is 8.46. The Bertz CT molecular complexity index is 894. The number of benzene rings is 2. The number of likely N-dealkylation sites (tertiary alicyclic amines) is 1. The van der Waals surface area contributed by atoms with E-state index in [-0.39, 0.29) is 29.9 Å². The molecule has 1 aliphatic carbocycles. The summed E-state index contributed by atoms with van der Waals surface area (Å²) in [5.74, 6) is 0.161. The van der Waals surface area contributed by atoms with Gasteiger partial charge in [0.15, 0.2) is 5.67 Å². The van der Waals surface area contributed by atoms with Crippen LogP contribution in [-0.2, 0) is 4.79 Å². The van der Waals surface area contributed by atoms with Gasteiger partial charge in [-0.15, -0.1) is 0 Å². The van der Waals surface area contributed by atoms with Gasteiger partial charge in [-0.05, 0) is 11.6 Å². The largest absolute Gasteiger partial charge is 0.487 e. The lowest BCUT2D eigenvalue weighted by Gasteiger charge is -2.46. The first-order valence-corrected chi connectivity index (χ1v) is 10.1. The lowest BCUT2D eigenvalue weighted by Crippen LogP contribution is -2.54. The second kappa shape index (κ2) is 6.31. The van der Waals surface area contributed by atoms with Gasteiger partial charge in [-0.25, -0.2) is 4.39 Å². The SMILES string of the molecule is NC1CC2(CCN(C(=O)[C@]3(F)C[C@H]3c3ccccc3)CC2)Oc2ccccc21. The highest BCUT2D eigenvalue weighted by Gasteiger charge is 2.63. The van der Waals surface area contributed by atoms with Crippen molar-refractivity contribution in [2.24, 2.45) is 5.73 Å². The Balaban J connectivity index is 1.26. The molecule has 2 fully saturated rings. The monoisotopic (exact) mass is 380 g/mol. The van der Waals surface area contributed by atoms with Crippen LogP contribution in [0.5, 0.6) is 5.75 Å². The minimum Gasteiger partial charge on any atom is -0.487 e. The van der Waals surface area contributed by atoms with Gasteiger partial charge in [-0.2, -0.15) is 0 Å². The fraction of sp³-hybridized carbons (Fsp3) is 0.435. The number of alkyl halides is 1. The standard InChI is InChI=1S/C23H25FN2O2/c24-23(14-18(23)16-6-2-1-3-7-16)21(27)26-12-10-22(11-13-26)15-19(25)17-8-4-5-9-20(17)28-22/h1-9,18-19H,10-15,25H2/t18-,19?,23-/m0/s1. The Morgan fingerprint density at radius 1 is 1.04 bits per heavy atom. The van der Waals surface area contributed by atoms with Crippen LogP contribution in [-0.4, -0.2) is 35.2 Å². The first kappa shape index (κ1) is 17.7. The zero-order valence-corrected chi connectivity index (χ0v) is 15.8. The third-order valence-corrected chi connectivity index (χ3v) is 6.65. The number of amides is 1. The molecule has 1 amide bonds. The van der Waals surface area contributed by atoms with Crippen molar-refractivity contribution < 1.29 is 13.9 Å². The summed E-state index contributed by atoms with van der Waals surface area (Å²) in [7, 11) is 0. The van der Waals surface area contributed by atoms with E-state index in [9.17, 15) is 4.79 Å². The predicted octanol–water partition coefficient (Wildman–Crippen LogP) is 3.73. The van der Waals surface area contributed by atoms with E-state index in [2.05, 4.69) is 0 Å². The number of rotatable bonds is 2. The molecule has 0 bridgehead atoms. The molecular weight excluding hydrogens is 355 g/mol. The molecule has 1 saturated carbocycles. The minimum atomic E-state index is -1.75. The molecule has 2 N–H and O–H groups in total. The number of carbonyl (C=O) groups is 1. The summed E-state index contributed by atoms with van der Waals surface area (Å²) in [6, 6.07) is 17.3. The molecule has 2 aliphatic heterocycles. The highest BCUT2D eigenvalue weighted by Crippen LogP contribution is 2.56. The van der Waals surface area contributed by atoms with E-state index < -0.39 is 5.67 Å². The van der Waals surface area contributed by atoms with Gasteiger partial charge in [0.05, 0.1) is 0 Å². The summed E-state index contributed by atoms with van der Waals surface area (Å²) < 4.78 is 21.6. The van der Waals surface area contributed by atoms with Crippen LogP contribution in [0.1, 0.15) is 48.8 Å². The maximum Gasteiger partial charge on any atom is 0.260 e. The minimum absolute atomic E-state index is 0.0642. The van der Waals surface area contributed by atoms with Crippen molar-refractivity contribution in [2.75, 3.05) is 13.1 Å². The highest BCUT2D eigenvalue weighted by atomic mass is 19.1. The molecule has 1 unspecified atom stereocenters. The van der Waals surface area contributed by atoms with Gasteiger partial charge in [0.1, 0.15) is 11.4 Å². The summed E-state index contributed by atoms with van der Waals surface area (Å²) in [4.78, 5) is 14.6. The van der Waals surface area contributed by atoms with Crippen LogP contribution in [0, 0.1) is 0 Å². The van der Waals surface area contributed by atoms with Gasteiger partial charge >= 0.3 is 0 Å². The number of fused-ring (bicyclic) bond motifs is 1. The van der Waals surface area contributed by atoms with E-state index >= 15 is 4.39 Å². The van der Waals surface area contributed by atoms with Gasteiger partial charge < -0.3 is 15.4 Å². The number of halogens is 1. The van der Waals surface area contributed by atoms with Crippen molar-refractivity contribution in [3.05, 3.63) is 65.7 Å². The number of para-hydroxylation sites is 1. The van der Waals surface area contributed by atoms with Gasteiger partial charge in [0, 0.05) is 56.3 Å². The van der Waals surface area contributed by atoms with Crippen molar-refractivity contribution in [2.45, 2.75) is 48.9 Å². The molecule has 5 heteroatoms. The summed E-state index contributed by atoms with van der Waals surface area (Å²) in [5.41, 5.74) is 6.24. The van der Waals surface area contributed by atoms with E-state index in [0.717, 1.165) is 23.3 Å². The number of hydrogen-bond donors (Lipinski definition) is 1. The second-order valence-electron chi connectivity index (χ2n) is 8.46. The zero-order valence-electron chi connectivity index (χ0n) is 15.8. The third kappa shape index (κ3) is 2.80. The number of carbonyl (C=O) groups excluding carboxylic acids is 1. The summed E-state index contributed by atoms with van der Waals surface area (Å²) >= 11 is 0. The van der Waals surface area contributed by atoms with Gasteiger partial charge in [0.2, 0.25) is 0 Å². The molecule has 2 aromatic carbocycles. The van der Waals surface area contributed by atoms with Crippen molar-refractivity contribution in [3.8, 4) is 5.75 Å². The van der Waals surface area contributed by atoms with Crippen LogP contribution in [0.3, 0.4) is 0 Å². The first-order chi connectivity index (χ1) is 13.5. The van der Waals surface area contributed by atoms with E-state index in [4.69, 9.17) is 10.5 Å². The van der Waals surface area contributed by atoms with Crippen LogP contribution in [0.25, 0.3) is 0 Å². The zero-order chi connectivity index (χ0) is 19.4. The Morgan fingerprint density at radius 2 is 1.71 bits per heavy atom. The number of ether oxygens (including phenoxy) is 1. The topological polar surface area (TPSA) is 55.6 Å². The van der Waals surface area contributed by atoms with Crippen LogP contribution in [0.2, 0.25) is 0 Å². The van der Waals surface area contributed by atoms with Crippen molar-refractivity contribution >= 4 is 5.91 Å². The van der Waals surface area contributed by atoms with Crippen molar-refractivity contribution in [1.82, 2.24) is 4.90 Å². The normalized spacial score (nSPS) is 30.4. The molecular formula is C23H25FN2O2. The molecule has 5 rings (SSSR count). The van der Waals surface area contributed by atoms with Crippen LogP contribution in [0.15, 0.2) is 54.6 Å². The highest BCUT2D eigenvalue weighted by molar-refractivity contribution is 5.90. The van der Waals surface area contributed by atoms with Crippen LogP contribution >= 0.6 is 0 Å². The van der Waals surface area contributed by atoms with E-state index in [1.165, 1.54) is 0 Å². The molecule has 28 heavy (non-hydrogen) atoms. The smallest absolute Gasteiger partial charge is 0.260 e. The van der Waals surface area contributed by atoms with E-state index in [1.54, 1.807) is 4.90 Å². The number of hydrogen-bond acceptors (Lipinski definition) is 3. The average molecular weight is 380 g/mol. The number of piperidine rings is 1. The van der Waals surface area contributed by atoms with Crippen molar-refractivity contribution in [1.29, 1.82) is 0 Å². The molecule has 1 saturated heterocycles. The summed E-state index contributed by atoms with van der Waals surface area (Å²) in [5, 5.41) is 0. The van der Waals surface area contributed by atoms with E-state index in [0.29, 0.717) is 25.9 Å². The van der Waals surface area contributed by atoms with Gasteiger partial charge in [-0.1, -0.05) is 48.5 Å². The van der Waals surface area contributed by atoms with E-state index in [1.807, 2.05) is 54.6 Å². The maximum atomic E-state index is 15.3. The molecule has 2 aromatic rings. The number of nitrogens with two attached hydrogens (primary N) is 1. The Kier molecular flexibility index (Phi) is 3.98. The maximum absolute atomic E-state index is 15.3. The molecule has 3 aliphatic rings. The Labute approximate surface area is 164 Å². The number of nitrogens with zero attached hydrogens (tertiary/aromatic N) is 1. The lowest BCUT2D eigenvalue weighted by molar-refractivity contribution is -0.142. The molecule has 2 heterocycles. The molecule has 3 atom stereocenters. The molecule has 0 aromatic heterocycles. The van der Waals surface area contributed by atoms with Crippen LogP contribution < -0.4 is 10.5 Å². The first-order valence-electron chi connectivity index (χ1n) is 10.1. The molecule has 0 radical (unpaired) electrons. The third-order valence-electron chi connectivity index (χ3n) is 6.65. The molecule has 1 spiro atoms. The van der Waals surface area contributed by atoms with Gasteiger partial charge in [0.25, 0.3) is 5.91 Å².